The normalized spacial score (nSPS) is 31.2. The molecule has 37 heavy (non-hydrogen) atoms. The number of carbonyl (C=O) groups excluding carboxylic acids is 3. The zero-order valence-electron chi connectivity index (χ0n) is 21.3. The average molecular weight is 517 g/mol. The van der Waals surface area contributed by atoms with Crippen LogP contribution in [0.3, 0.4) is 0 Å². The number of piperidine rings is 1. The molecule has 0 unspecified atom stereocenters. The highest BCUT2D eigenvalue weighted by Gasteiger charge is 2.69. The van der Waals surface area contributed by atoms with Gasteiger partial charge in [-0.25, -0.2) is 8.78 Å². The van der Waals surface area contributed by atoms with Gasteiger partial charge in [-0.3, -0.25) is 14.4 Å². The first kappa shape index (κ1) is 27.0. The molecule has 1 aromatic carbocycles. The van der Waals surface area contributed by atoms with Crippen LogP contribution in [0.15, 0.2) is 18.2 Å². The Kier molecular flexibility index (Phi) is 8.12. The van der Waals surface area contributed by atoms with E-state index < -0.39 is 35.7 Å². The molecular formula is C27H34F2N4O4. The van der Waals surface area contributed by atoms with Gasteiger partial charge in [0.1, 0.15) is 23.7 Å². The molecule has 2 saturated heterocycles. The van der Waals surface area contributed by atoms with Crippen molar-refractivity contribution in [1.29, 1.82) is 5.26 Å². The molecule has 10 heteroatoms. The van der Waals surface area contributed by atoms with Crippen molar-refractivity contribution in [2.24, 2.45) is 17.3 Å². The second-order valence-corrected chi connectivity index (χ2v) is 10.9. The molecule has 0 bridgehead atoms. The van der Waals surface area contributed by atoms with Crippen LogP contribution in [0.5, 0.6) is 0 Å². The summed E-state index contributed by atoms with van der Waals surface area (Å²) < 4.78 is 33.9. The smallest absolute Gasteiger partial charge is 0.244 e. The summed E-state index contributed by atoms with van der Waals surface area (Å²) in [6.07, 6.45) is 1.34. The summed E-state index contributed by atoms with van der Waals surface area (Å²) in [5, 5.41) is 15.1. The Morgan fingerprint density at radius 3 is 2.54 bits per heavy atom. The first-order valence-electron chi connectivity index (χ1n) is 13.0. The largest absolute Gasteiger partial charge is 0.373 e. The molecular weight excluding hydrogens is 482 g/mol. The Bertz CT molecular complexity index is 1070. The van der Waals surface area contributed by atoms with Crippen molar-refractivity contribution >= 4 is 17.7 Å². The van der Waals surface area contributed by atoms with Crippen LogP contribution in [0.1, 0.15) is 64.0 Å². The Hall–Kier alpha value is -3.06. The van der Waals surface area contributed by atoms with E-state index in [1.807, 2.05) is 6.07 Å². The number of ether oxygens (including phenoxy) is 1. The Balaban J connectivity index is 1.58. The molecule has 3 aliphatic rings. The van der Waals surface area contributed by atoms with Crippen LogP contribution in [0.2, 0.25) is 0 Å². The van der Waals surface area contributed by atoms with Gasteiger partial charge < -0.3 is 20.3 Å². The van der Waals surface area contributed by atoms with E-state index >= 15 is 0 Å². The second kappa shape index (κ2) is 11.1. The standard InChI is InChI=1S/C27H34F2N4O4/c1-27(2)20-15-33-23(35)13-21(16-10-17(28)12-18(29)11-16)37-9-5-3-4-8-31-22(34)7-6-19(14-30)32-26(36)25(33)24(20)27/h10-12,19-21,24-25H,3-9,13,15H2,1-2H3,(H,31,34)(H,32,36)/t19-,20-,21+,24-,25-/m0/s1. The van der Waals surface area contributed by atoms with Gasteiger partial charge in [0, 0.05) is 32.2 Å². The number of nitrogens with zero attached hydrogens (tertiary/aromatic N) is 2. The molecule has 0 spiro atoms. The fourth-order valence-corrected chi connectivity index (χ4v) is 5.80. The van der Waals surface area contributed by atoms with Crippen LogP contribution in [-0.2, 0) is 19.1 Å². The van der Waals surface area contributed by atoms with E-state index in [9.17, 15) is 28.4 Å². The van der Waals surface area contributed by atoms with E-state index in [4.69, 9.17) is 4.74 Å². The van der Waals surface area contributed by atoms with Crippen molar-refractivity contribution in [3.05, 3.63) is 35.4 Å². The molecule has 3 amide bonds. The zero-order chi connectivity index (χ0) is 26.7. The topological polar surface area (TPSA) is 112 Å². The maximum atomic E-state index is 14.0. The van der Waals surface area contributed by atoms with Gasteiger partial charge in [0.15, 0.2) is 0 Å². The first-order chi connectivity index (χ1) is 17.6. The summed E-state index contributed by atoms with van der Waals surface area (Å²) in [4.78, 5) is 40.6. The number of fused-ring (bicyclic) bond motifs is 3. The van der Waals surface area contributed by atoms with Crippen LogP contribution < -0.4 is 10.6 Å². The number of hydrogen-bond donors (Lipinski definition) is 2. The number of nitriles is 1. The molecule has 0 aromatic heterocycles. The molecule has 4 rings (SSSR count). The third-order valence-corrected chi connectivity index (χ3v) is 8.01. The van der Waals surface area contributed by atoms with Crippen LogP contribution in [0.4, 0.5) is 8.78 Å². The molecule has 2 heterocycles. The summed E-state index contributed by atoms with van der Waals surface area (Å²) >= 11 is 0. The van der Waals surface area contributed by atoms with E-state index in [1.165, 1.54) is 4.90 Å². The van der Waals surface area contributed by atoms with E-state index in [2.05, 4.69) is 24.5 Å². The van der Waals surface area contributed by atoms with Gasteiger partial charge in [0.2, 0.25) is 17.7 Å². The number of benzene rings is 1. The summed E-state index contributed by atoms with van der Waals surface area (Å²) in [5.41, 5.74) is 0.0992. The highest BCUT2D eigenvalue weighted by atomic mass is 19.1. The molecule has 8 nitrogen and oxygen atoms in total. The fourth-order valence-electron chi connectivity index (χ4n) is 5.80. The van der Waals surface area contributed by atoms with Gasteiger partial charge in [0.05, 0.1) is 18.6 Å². The molecule has 200 valence electrons. The van der Waals surface area contributed by atoms with Crippen molar-refractivity contribution in [2.75, 3.05) is 19.7 Å². The number of nitrogens with one attached hydrogen (secondary N) is 2. The molecule has 3 fully saturated rings. The second-order valence-electron chi connectivity index (χ2n) is 10.9. The minimum atomic E-state index is -0.878. The maximum absolute atomic E-state index is 14.0. The van der Waals surface area contributed by atoms with Crippen molar-refractivity contribution in [1.82, 2.24) is 15.5 Å². The number of hydrogen-bond acceptors (Lipinski definition) is 5. The summed E-state index contributed by atoms with van der Waals surface area (Å²) in [7, 11) is 0. The van der Waals surface area contributed by atoms with Gasteiger partial charge in [0.25, 0.3) is 0 Å². The maximum Gasteiger partial charge on any atom is 0.244 e. The highest BCUT2D eigenvalue weighted by Crippen LogP contribution is 2.65. The van der Waals surface area contributed by atoms with Crippen molar-refractivity contribution in [3.63, 3.8) is 0 Å². The van der Waals surface area contributed by atoms with Crippen LogP contribution in [0, 0.1) is 40.2 Å². The minimum Gasteiger partial charge on any atom is -0.373 e. The highest BCUT2D eigenvalue weighted by molar-refractivity contribution is 5.90. The molecule has 2 aliphatic heterocycles. The predicted molar refractivity (Wildman–Crippen MR) is 130 cm³/mol. The molecule has 2 N–H and O–H groups in total. The molecule has 0 radical (unpaired) electrons. The lowest BCUT2D eigenvalue weighted by Gasteiger charge is -2.32. The molecule has 1 saturated carbocycles. The summed E-state index contributed by atoms with van der Waals surface area (Å²) in [5.74, 6) is -2.40. The Morgan fingerprint density at radius 2 is 1.84 bits per heavy atom. The molecule has 1 aliphatic carbocycles. The SMILES string of the molecule is CC1(C)[C@@H]2[C@H]3C(=O)N[C@H](C#N)CCC(=O)NCCCCCO[C@@H](c4cc(F)cc(F)c4)CC(=O)N3C[C@@H]21. The third kappa shape index (κ3) is 6.09. The van der Waals surface area contributed by atoms with Crippen LogP contribution in [-0.4, -0.2) is 54.4 Å². The van der Waals surface area contributed by atoms with Gasteiger partial charge >= 0.3 is 0 Å². The number of rotatable bonds is 1. The first-order valence-corrected chi connectivity index (χ1v) is 13.0. The predicted octanol–water partition coefficient (Wildman–Crippen LogP) is 2.98. The monoisotopic (exact) mass is 516 g/mol. The number of halogens is 2. The Labute approximate surface area is 215 Å². The van der Waals surface area contributed by atoms with E-state index in [1.54, 1.807) is 0 Å². The minimum absolute atomic E-state index is 0.0596. The van der Waals surface area contributed by atoms with E-state index in [0.717, 1.165) is 24.6 Å². The van der Waals surface area contributed by atoms with Crippen molar-refractivity contribution in [2.45, 2.75) is 70.6 Å². The third-order valence-electron chi connectivity index (χ3n) is 8.01. The summed E-state index contributed by atoms with van der Waals surface area (Å²) in [6, 6.07) is 3.52. The van der Waals surface area contributed by atoms with Gasteiger partial charge in [-0.05, 0) is 60.6 Å². The van der Waals surface area contributed by atoms with E-state index in [-0.39, 0.29) is 60.5 Å². The summed E-state index contributed by atoms with van der Waals surface area (Å²) in [6.45, 7) is 5.23. The van der Waals surface area contributed by atoms with Gasteiger partial charge in [-0.2, -0.15) is 5.26 Å². The quantitative estimate of drug-likeness (QED) is 0.596. The number of amides is 3. The molecule has 1 aromatic rings. The lowest BCUT2D eigenvalue weighted by Crippen LogP contribution is -2.52. The van der Waals surface area contributed by atoms with Crippen LogP contribution >= 0.6 is 0 Å². The lowest BCUT2D eigenvalue weighted by atomic mass is 9.98. The zero-order valence-corrected chi connectivity index (χ0v) is 21.3. The fraction of sp³-hybridized carbons (Fsp3) is 0.630. The van der Waals surface area contributed by atoms with E-state index in [0.29, 0.717) is 25.9 Å². The lowest BCUT2D eigenvalue weighted by molar-refractivity contribution is -0.142. The number of carbonyl (C=O) groups is 3. The van der Waals surface area contributed by atoms with Crippen molar-refractivity contribution in [3.8, 4) is 6.07 Å². The van der Waals surface area contributed by atoms with Gasteiger partial charge in [-0.1, -0.05) is 13.8 Å². The Morgan fingerprint density at radius 1 is 1.11 bits per heavy atom. The van der Waals surface area contributed by atoms with Gasteiger partial charge in [-0.15, -0.1) is 0 Å². The van der Waals surface area contributed by atoms with Crippen molar-refractivity contribution < 1.29 is 27.9 Å². The van der Waals surface area contributed by atoms with Crippen LogP contribution in [0.25, 0.3) is 0 Å². The average Bonchev–Trinajstić information content (AvgIpc) is 3.16. The molecule has 5 atom stereocenters.